The zero-order valence-electron chi connectivity index (χ0n) is 18.2. The Morgan fingerprint density at radius 3 is 2.44 bits per heavy atom. The van der Waals surface area contributed by atoms with Crippen molar-refractivity contribution in [1.29, 1.82) is 0 Å². The predicted molar refractivity (Wildman–Crippen MR) is 141 cm³/mol. The molecule has 0 spiro atoms. The highest BCUT2D eigenvalue weighted by molar-refractivity contribution is 7.80. The van der Waals surface area contributed by atoms with Gasteiger partial charge in [0.05, 0.1) is 12.1 Å². The lowest BCUT2D eigenvalue weighted by atomic mass is 10.2. The standard InChI is InChI=1S/C25H21ClN2O4S2/c1-30-18-10-11-20-21(15-18)34-23(22(20)26)24(29)28-25(33)27-16-6-5-9-19(14-16)32-13-12-31-17-7-3-2-4-8-17/h2-11,14-15H,12-13H2,1H3,(H2,27,28,29,33). The number of benzene rings is 3. The van der Waals surface area contributed by atoms with Crippen LogP contribution in [0.25, 0.3) is 10.1 Å². The molecule has 0 saturated carbocycles. The van der Waals surface area contributed by atoms with Gasteiger partial charge >= 0.3 is 0 Å². The molecular weight excluding hydrogens is 492 g/mol. The third kappa shape index (κ3) is 5.96. The number of fused-ring (bicyclic) bond motifs is 1. The van der Waals surface area contributed by atoms with Gasteiger partial charge in [0.15, 0.2) is 5.11 Å². The van der Waals surface area contributed by atoms with E-state index in [4.69, 9.17) is 38.0 Å². The van der Waals surface area contributed by atoms with Crippen molar-refractivity contribution in [2.75, 3.05) is 25.6 Å². The minimum atomic E-state index is -0.381. The Bertz CT molecular complexity index is 1310. The summed E-state index contributed by atoms with van der Waals surface area (Å²) in [5.41, 5.74) is 0.680. The molecule has 1 heterocycles. The second kappa shape index (κ2) is 11.2. The number of rotatable bonds is 8. The van der Waals surface area contributed by atoms with Gasteiger partial charge < -0.3 is 19.5 Å². The van der Waals surface area contributed by atoms with E-state index in [0.29, 0.717) is 40.3 Å². The third-order valence-corrected chi connectivity index (χ3v) is 6.59. The number of thiocarbonyl (C=S) groups is 1. The molecular formula is C25H21ClN2O4S2. The van der Waals surface area contributed by atoms with Gasteiger partial charge in [-0.25, -0.2) is 0 Å². The Morgan fingerprint density at radius 2 is 1.68 bits per heavy atom. The summed E-state index contributed by atoms with van der Waals surface area (Å²) in [4.78, 5) is 13.1. The molecule has 1 amide bonds. The molecule has 0 bridgehead atoms. The molecule has 174 valence electrons. The lowest BCUT2D eigenvalue weighted by Gasteiger charge is -2.12. The number of hydrogen-bond acceptors (Lipinski definition) is 6. The lowest BCUT2D eigenvalue weighted by Crippen LogP contribution is -2.33. The van der Waals surface area contributed by atoms with Crippen LogP contribution < -0.4 is 24.8 Å². The molecule has 0 saturated heterocycles. The van der Waals surface area contributed by atoms with Crippen molar-refractivity contribution in [1.82, 2.24) is 5.32 Å². The van der Waals surface area contributed by atoms with E-state index in [9.17, 15) is 4.79 Å². The molecule has 34 heavy (non-hydrogen) atoms. The Kier molecular flexibility index (Phi) is 7.84. The number of hydrogen-bond donors (Lipinski definition) is 2. The van der Waals surface area contributed by atoms with E-state index in [1.807, 2.05) is 60.7 Å². The number of thiophene rings is 1. The summed E-state index contributed by atoms with van der Waals surface area (Å²) >= 11 is 13.0. The molecule has 4 aromatic rings. The summed E-state index contributed by atoms with van der Waals surface area (Å²) < 4.78 is 17.5. The molecule has 6 nitrogen and oxygen atoms in total. The second-order valence-electron chi connectivity index (χ2n) is 7.05. The minimum Gasteiger partial charge on any atom is -0.497 e. The minimum absolute atomic E-state index is 0.153. The van der Waals surface area contributed by atoms with Crippen molar-refractivity contribution in [3.05, 3.63) is 82.7 Å². The second-order valence-corrected chi connectivity index (χ2v) is 8.89. The first-order valence-electron chi connectivity index (χ1n) is 10.3. The molecule has 0 aliphatic rings. The molecule has 0 fully saturated rings. The highest BCUT2D eigenvalue weighted by Gasteiger charge is 2.18. The summed E-state index contributed by atoms with van der Waals surface area (Å²) in [5.74, 6) is 1.76. The number of carbonyl (C=O) groups excluding carboxylic acids is 1. The third-order valence-electron chi connectivity index (χ3n) is 4.73. The van der Waals surface area contributed by atoms with Crippen LogP contribution in [0.4, 0.5) is 5.69 Å². The summed E-state index contributed by atoms with van der Waals surface area (Å²) in [6, 6.07) is 22.3. The molecule has 0 aliphatic carbocycles. The fourth-order valence-electron chi connectivity index (χ4n) is 3.14. The van der Waals surface area contributed by atoms with Crippen molar-refractivity contribution in [3.63, 3.8) is 0 Å². The molecule has 0 radical (unpaired) electrons. The van der Waals surface area contributed by atoms with E-state index >= 15 is 0 Å². The fraction of sp³-hybridized carbons (Fsp3) is 0.120. The predicted octanol–water partition coefficient (Wildman–Crippen LogP) is 6.15. The number of amides is 1. The van der Waals surface area contributed by atoms with Crippen LogP contribution in [0, 0.1) is 0 Å². The highest BCUT2D eigenvalue weighted by Crippen LogP contribution is 2.37. The maximum absolute atomic E-state index is 12.8. The molecule has 0 aliphatic heterocycles. The van der Waals surface area contributed by atoms with Crippen LogP contribution in [0.3, 0.4) is 0 Å². The van der Waals surface area contributed by atoms with Crippen LogP contribution in [0.1, 0.15) is 9.67 Å². The van der Waals surface area contributed by atoms with E-state index in [2.05, 4.69) is 10.6 Å². The summed E-state index contributed by atoms with van der Waals surface area (Å²) in [6.45, 7) is 0.798. The average Bonchev–Trinajstić information content (AvgIpc) is 3.18. The normalized spacial score (nSPS) is 10.5. The van der Waals surface area contributed by atoms with Gasteiger partial charge in [-0.3, -0.25) is 10.1 Å². The molecule has 0 atom stereocenters. The van der Waals surface area contributed by atoms with Gasteiger partial charge in [0.2, 0.25) is 0 Å². The van der Waals surface area contributed by atoms with Crippen LogP contribution in [0.15, 0.2) is 72.8 Å². The summed E-state index contributed by atoms with van der Waals surface area (Å²) in [6.07, 6.45) is 0. The zero-order chi connectivity index (χ0) is 23.9. The average molecular weight is 513 g/mol. The van der Waals surface area contributed by atoms with Crippen molar-refractivity contribution >= 4 is 61.9 Å². The van der Waals surface area contributed by atoms with E-state index in [1.165, 1.54) is 11.3 Å². The first-order valence-corrected chi connectivity index (χ1v) is 11.9. The number of methoxy groups -OCH3 is 1. The van der Waals surface area contributed by atoms with E-state index in [-0.39, 0.29) is 11.0 Å². The zero-order valence-corrected chi connectivity index (χ0v) is 20.6. The molecule has 9 heteroatoms. The maximum atomic E-state index is 12.8. The van der Waals surface area contributed by atoms with Crippen molar-refractivity contribution in [3.8, 4) is 17.2 Å². The first kappa shape index (κ1) is 23.8. The summed E-state index contributed by atoms with van der Waals surface area (Å²) in [7, 11) is 1.59. The number of para-hydroxylation sites is 1. The first-order chi connectivity index (χ1) is 16.5. The quantitative estimate of drug-likeness (QED) is 0.218. The lowest BCUT2D eigenvalue weighted by molar-refractivity contribution is 0.0982. The number of anilines is 1. The van der Waals surface area contributed by atoms with Crippen LogP contribution >= 0.6 is 35.2 Å². The Morgan fingerprint density at radius 1 is 0.941 bits per heavy atom. The summed E-state index contributed by atoms with van der Waals surface area (Å²) in [5, 5.41) is 7.01. The fourth-order valence-corrected chi connectivity index (χ4v) is 4.79. The van der Waals surface area contributed by atoms with Gasteiger partial charge in [0.25, 0.3) is 5.91 Å². The topological polar surface area (TPSA) is 68.8 Å². The Labute approximate surface area is 211 Å². The largest absolute Gasteiger partial charge is 0.497 e. The maximum Gasteiger partial charge on any atom is 0.269 e. The van der Waals surface area contributed by atoms with Gasteiger partial charge in [0, 0.05) is 21.8 Å². The van der Waals surface area contributed by atoms with Gasteiger partial charge in [-0.2, -0.15) is 0 Å². The van der Waals surface area contributed by atoms with E-state index < -0.39 is 0 Å². The van der Waals surface area contributed by atoms with Crippen LogP contribution in [-0.2, 0) is 0 Å². The van der Waals surface area contributed by atoms with Crippen LogP contribution in [0.5, 0.6) is 17.2 Å². The molecule has 4 rings (SSSR count). The smallest absolute Gasteiger partial charge is 0.269 e. The number of nitrogens with one attached hydrogen (secondary N) is 2. The highest BCUT2D eigenvalue weighted by atomic mass is 35.5. The van der Waals surface area contributed by atoms with E-state index in [1.54, 1.807) is 19.2 Å². The monoisotopic (exact) mass is 512 g/mol. The number of carbonyl (C=O) groups is 1. The van der Waals surface area contributed by atoms with Gasteiger partial charge in [-0.15, -0.1) is 11.3 Å². The van der Waals surface area contributed by atoms with Gasteiger partial charge in [-0.05, 0) is 54.7 Å². The molecule has 1 aromatic heterocycles. The van der Waals surface area contributed by atoms with Gasteiger partial charge in [-0.1, -0.05) is 35.9 Å². The Hall–Kier alpha value is -3.33. The van der Waals surface area contributed by atoms with Crippen LogP contribution in [0.2, 0.25) is 5.02 Å². The van der Waals surface area contributed by atoms with E-state index in [0.717, 1.165) is 15.8 Å². The van der Waals surface area contributed by atoms with Crippen molar-refractivity contribution in [2.45, 2.75) is 0 Å². The van der Waals surface area contributed by atoms with Crippen molar-refractivity contribution in [2.24, 2.45) is 0 Å². The Balaban J connectivity index is 1.32. The SMILES string of the molecule is COc1ccc2c(Cl)c(C(=O)NC(=S)Nc3cccc(OCCOc4ccccc4)c3)sc2c1. The van der Waals surface area contributed by atoms with Crippen LogP contribution in [-0.4, -0.2) is 31.3 Å². The molecule has 3 aromatic carbocycles. The number of ether oxygens (including phenoxy) is 3. The molecule has 2 N–H and O–H groups in total. The van der Waals surface area contributed by atoms with Gasteiger partial charge in [0.1, 0.15) is 35.3 Å². The number of halogens is 1. The van der Waals surface area contributed by atoms with Crippen molar-refractivity contribution < 1.29 is 19.0 Å². The molecule has 0 unspecified atom stereocenters.